The van der Waals surface area contributed by atoms with Gasteiger partial charge in [-0.2, -0.15) is 11.8 Å². The van der Waals surface area contributed by atoms with Gasteiger partial charge in [0.25, 0.3) is 0 Å². The van der Waals surface area contributed by atoms with Crippen molar-refractivity contribution in [2.45, 2.75) is 50.4 Å². The minimum atomic E-state index is 0.718. The van der Waals surface area contributed by atoms with Gasteiger partial charge < -0.3 is 5.32 Å². The summed E-state index contributed by atoms with van der Waals surface area (Å²) in [7, 11) is 0. The van der Waals surface area contributed by atoms with Gasteiger partial charge in [0.05, 0.1) is 0 Å². The molecule has 2 rings (SSSR count). The Hall–Kier alpha value is -0.470. The van der Waals surface area contributed by atoms with Crippen molar-refractivity contribution in [3.63, 3.8) is 0 Å². The molecule has 1 N–H and O–H groups in total. The van der Waals surface area contributed by atoms with E-state index in [9.17, 15) is 0 Å². The second-order valence-corrected chi connectivity index (χ2v) is 5.89. The summed E-state index contributed by atoms with van der Waals surface area (Å²) in [5, 5.41) is 4.58. The van der Waals surface area contributed by atoms with Crippen molar-refractivity contribution >= 4 is 11.8 Å². The molecule has 0 heterocycles. The number of hydrogen-bond donors (Lipinski definition) is 1. The van der Waals surface area contributed by atoms with E-state index in [2.05, 4.69) is 42.8 Å². The summed E-state index contributed by atoms with van der Waals surface area (Å²) in [5.74, 6) is 0. The Bertz CT molecular complexity index is 351. The molecule has 1 fully saturated rings. The first-order chi connectivity index (χ1) is 8.35. The van der Waals surface area contributed by atoms with Crippen LogP contribution >= 0.6 is 11.8 Å². The van der Waals surface area contributed by atoms with Gasteiger partial charge in [0.1, 0.15) is 0 Å². The largest absolute Gasteiger partial charge is 0.309 e. The normalized spacial score (nSPS) is 24.1. The topological polar surface area (TPSA) is 12.0 Å². The van der Waals surface area contributed by atoms with Crippen LogP contribution in [0.4, 0.5) is 0 Å². The van der Waals surface area contributed by atoms with Crippen LogP contribution in [0.25, 0.3) is 0 Å². The van der Waals surface area contributed by atoms with E-state index in [1.807, 2.05) is 11.8 Å². The first-order valence-corrected chi connectivity index (χ1v) is 7.97. The zero-order valence-electron chi connectivity index (χ0n) is 10.9. The Kier molecular flexibility index (Phi) is 4.93. The molecule has 1 aromatic rings. The minimum absolute atomic E-state index is 0.718. The van der Waals surface area contributed by atoms with Crippen LogP contribution in [0.15, 0.2) is 24.3 Å². The highest BCUT2D eigenvalue weighted by molar-refractivity contribution is 7.99. The summed E-state index contributed by atoms with van der Waals surface area (Å²) in [6.45, 7) is 3.27. The quantitative estimate of drug-likeness (QED) is 0.855. The van der Waals surface area contributed by atoms with Crippen LogP contribution < -0.4 is 5.32 Å². The SMILES string of the molecule is CCc1ccccc1CNC1CCCC1SC. The van der Waals surface area contributed by atoms with Crippen LogP contribution in [0.1, 0.15) is 37.3 Å². The standard InChI is InChI=1S/C15H23NS/c1-3-12-7-4-5-8-13(12)11-16-14-9-6-10-15(14)17-2/h4-5,7-8,14-16H,3,6,9-11H2,1-2H3. The Labute approximate surface area is 109 Å². The summed E-state index contributed by atoms with van der Waals surface area (Å²) >= 11 is 2.02. The van der Waals surface area contributed by atoms with Crippen molar-refractivity contribution < 1.29 is 0 Å². The van der Waals surface area contributed by atoms with Crippen molar-refractivity contribution in [3.05, 3.63) is 35.4 Å². The highest BCUT2D eigenvalue weighted by Crippen LogP contribution is 2.28. The zero-order valence-corrected chi connectivity index (χ0v) is 11.7. The van der Waals surface area contributed by atoms with Crippen LogP contribution in [0.3, 0.4) is 0 Å². The molecule has 1 saturated carbocycles. The van der Waals surface area contributed by atoms with Gasteiger partial charge in [-0.05, 0) is 36.6 Å². The first kappa shape index (κ1) is 13.0. The van der Waals surface area contributed by atoms with Gasteiger partial charge in [-0.3, -0.25) is 0 Å². The third-order valence-electron chi connectivity index (χ3n) is 3.81. The fraction of sp³-hybridized carbons (Fsp3) is 0.600. The molecule has 1 aliphatic carbocycles. The van der Waals surface area contributed by atoms with E-state index in [0.717, 1.165) is 24.3 Å². The van der Waals surface area contributed by atoms with Crippen molar-refractivity contribution in [1.82, 2.24) is 5.32 Å². The summed E-state index contributed by atoms with van der Waals surface area (Å²) in [6.07, 6.45) is 7.49. The van der Waals surface area contributed by atoms with Gasteiger partial charge in [-0.25, -0.2) is 0 Å². The van der Waals surface area contributed by atoms with Crippen LogP contribution in [-0.4, -0.2) is 17.5 Å². The van der Waals surface area contributed by atoms with Gasteiger partial charge in [-0.15, -0.1) is 0 Å². The van der Waals surface area contributed by atoms with Crippen molar-refractivity contribution in [2.75, 3.05) is 6.26 Å². The summed E-state index contributed by atoms with van der Waals surface area (Å²) in [5.41, 5.74) is 2.96. The second kappa shape index (κ2) is 6.46. The third-order valence-corrected chi connectivity index (χ3v) is 4.98. The molecule has 2 heteroatoms. The lowest BCUT2D eigenvalue weighted by Crippen LogP contribution is -2.33. The molecule has 0 saturated heterocycles. The fourth-order valence-corrected chi connectivity index (χ4v) is 3.72. The predicted molar refractivity (Wildman–Crippen MR) is 77.6 cm³/mol. The molecule has 1 aliphatic rings. The molecule has 2 atom stereocenters. The molecule has 1 nitrogen and oxygen atoms in total. The summed E-state index contributed by atoms with van der Waals surface area (Å²) < 4.78 is 0. The Balaban J connectivity index is 1.93. The number of benzene rings is 1. The fourth-order valence-electron chi connectivity index (χ4n) is 2.76. The average Bonchev–Trinajstić information content (AvgIpc) is 2.84. The number of thioether (sulfide) groups is 1. The van der Waals surface area contributed by atoms with Crippen LogP contribution in [0.2, 0.25) is 0 Å². The lowest BCUT2D eigenvalue weighted by atomic mass is 10.0. The highest BCUT2D eigenvalue weighted by Gasteiger charge is 2.25. The van der Waals surface area contributed by atoms with Crippen LogP contribution in [-0.2, 0) is 13.0 Å². The van der Waals surface area contributed by atoms with E-state index in [4.69, 9.17) is 0 Å². The summed E-state index contributed by atoms with van der Waals surface area (Å²) in [6, 6.07) is 9.52. The lowest BCUT2D eigenvalue weighted by Gasteiger charge is -2.20. The van der Waals surface area contributed by atoms with Crippen LogP contribution in [0.5, 0.6) is 0 Å². The molecular formula is C15H23NS. The average molecular weight is 249 g/mol. The van der Waals surface area contributed by atoms with Gasteiger partial charge >= 0.3 is 0 Å². The van der Waals surface area contributed by atoms with Gasteiger partial charge in [0, 0.05) is 17.8 Å². The maximum absolute atomic E-state index is 3.75. The molecule has 0 radical (unpaired) electrons. The first-order valence-electron chi connectivity index (χ1n) is 6.68. The molecule has 94 valence electrons. The molecule has 0 spiro atoms. The van der Waals surface area contributed by atoms with Crippen molar-refractivity contribution in [3.8, 4) is 0 Å². The zero-order chi connectivity index (χ0) is 12.1. The number of rotatable bonds is 5. The van der Waals surface area contributed by atoms with E-state index in [0.29, 0.717) is 0 Å². The van der Waals surface area contributed by atoms with Gasteiger partial charge in [0.2, 0.25) is 0 Å². The second-order valence-electron chi connectivity index (χ2n) is 4.81. The molecular weight excluding hydrogens is 226 g/mol. The monoisotopic (exact) mass is 249 g/mol. The van der Waals surface area contributed by atoms with E-state index >= 15 is 0 Å². The molecule has 0 aromatic heterocycles. The predicted octanol–water partition coefficient (Wildman–Crippen LogP) is 3.62. The van der Waals surface area contributed by atoms with E-state index in [1.165, 1.54) is 30.4 Å². The lowest BCUT2D eigenvalue weighted by molar-refractivity contribution is 0.531. The Morgan fingerprint density at radius 3 is 2.71 bits per heavy atom. The highest BCUT2D eigenvalue weighted by atomic mass is 32.2. The number of aryl methyl sites for hydroxylation is 1. The molecule has 2 unspecified atom stereocenters. The van der Waals surface area contributed by atoms with E-state index in [1.54, 1.807) is 0 Å². The van der Waals surface area contributed by atoms with Crippen molar-refractivity contribution in [1.29, 1.82) is 0 Å². The molecule has 0 aliphatic heterocycles. The summed E-state index contributed by atoms with van der Waals surface area (Å²) in [4.78, 5) is 0. The molecule has 1 aromatic carbocycles. The number of nitrogens with one attached hydrogen (secondary N) is 1. The Morgan fingerprint density at radius 2 is 2.00 bits per heavy atom. The van der Waals surface area contributed by atoms with E-state index in [-0.39, 0.29) is 0 Å². The maximum atomic E-state index is 3.75. The number of hydrogen-bond acceptors (Lipinski definition) is 2. The maximum Gasteiger partial charge on any atom is 0.0211 e. The minimum Gasteiger partial charge on any atom is -0.309 e. The molecule has 0 bridgehead atoms. The van der Waals surface area contributed by atoms with Crippen molar-refractivity contribution in [2.24, 2.45) is 0 Å². The van der Waals surface area contributed by atoms with Gasteiger partial charge in [0.15, 0.2) is 0 Å². The van der Waals surface area contributed by atoms with Gasteiger partial charge in [-0.1, -0.05) is 37.6 Å². The van der Waals surface area contributed by atoms with E-state index < -0.39 is 0 Å². The molecule has 17 heavy (non-hydrogen) atoms. The molecule has 0 amide bonds. The van der Waals surface area contributed by atoms with Crippen LogP contribution in [0, 0.1) is 0 Å². The Morgan fingerprint density at radius 1 is 1.24 bits per heavy atom. The smallest absolute Gasteiger partial charge is 0.0211 e. The third kappa shape index (κ3) is 3.26.